The molecular weight excluding hydrogens is 134 g/mol. The van der Waals surface area contributed by atoms with Crippen LogP contribution >= 0.6 is 11.8 Å². The van der Waals surface area contributed by atoms with Crippen LogP contribution < -0.4 is 0 Å². The fourth-order valence-corrected chi connectivity index (χ4v) is 0.721. The van der Waals surface area contributed by atoms with Crippen molar-refractivity contribution < 1.29 is 4.74 Å². The highest BCUT2D eigenvalue weighted by atomic mass is 32.2. The zero-order valence-electron chi connectivity index (χ0n) is 6.18. The molecule has 3 heteroatoms. The molecular formula is C6H13NOS. The minimum atomic E-state index is 0.712. The fraction of sp³-hybridized carbons (Fsp3) is 0.833. The fourth-order valence-electron chi connectivity index (χ4n) is 0.410. The monoisotopic (exact) mass is 147 g/mol. The van der Waals surface area contributed by atoms with Gasteiger partial charge in [-0.15, -0.1) is 11.8 Å². The molecule has 0 radical (unpaired) electrons. The van der Waals surface area contributed by atoms with Crippen molar-refractivity contribution in [2.45, 2.75) is 13.8 Å². The summed E-state index contributed by atoms with van der Waals surface area (Å²) in [5, 5.41) is 0. The van der Waals surface area contributed by atoms with Crippen LogP contribution in [0.25, 0.3) is 0 Å². The summed E-state index contributed by atoms with van der Waals surface area (Å²) in [5.41, 5.74) is 0. The first kappa shape index (κ1) is 8.82. The molecule has 2 nitrogen and oxygen atoms in total. The Hall–Kier alpha value is -0.180. The standard InChI is InChI=1S/C6H13NOS/c1-4-8-6(2)7-5-9-3/h4-5H2,1-3H3. The van der Waals surface area contributed by atoms with Crippen LogP contribution in [0.4, 0.5) is 0 Å². The van der Waals surface area contributed by atoms with Crippen molar-refractivity contribution in [2.75, 3.05) is 18.7 Å². The molecule has 0 N–H and O–H groups in total. The Morgan fingerprint density at radius 3 is 2.78 bits per heavy atom. The van der Waals surface area contributed by atoms with E-state index in [1.165, 1.54) is 0 Å². The largest absolute Gasteiger partial charge is 0.481 e. The van der Waals surface area contributed by atoms with Crippen LogP contribution in [-0.2, 0) is 4.74 Å². The maximum atomic E-state index is 5.08. The van der Waals surface area contributed by atoms with E-state index in [9.17, 15) is 0 Å². The summed E-state index contributed by atoms with van der Waals surface area (Å²) < 4.78 is 5.08. The third kappa shape index (κ3) is 5.69. The summed E-state index contributed by atoms with van der Waals surface area (Å²) in [5.74, 6) is 1.58. The summed E-state index contributed by atoms with van der Waals surface area (Å²) in [6, 6.07) is 0. The molecule has 0 amide bonds. The number of rotatable bonds is 3. The van der Waals surface area contributed by atoms with Gasteiger partial charge in [-0.1, -0.05) is 0 Å². The molecule has 0 aliphatic carbocycles. The molecule has 0 rings (SSSR count). The summed E-state index contributed by atoms with van der Waals surface area (Å²) >= 11 is 1.69. The van der Waals surface area contributed by atoms with Crippen molar-refractivity contribution in [3.8, 4) is 0 Å². The van der Waals surface area contributed by atoms with Gasteiger partial charge in [-0.25, -0.2) is 4.99 Å². The predicted octanol–water partition coefficient (Wildman–Crippen LogP) is 1.76. The Morgan fingerprint density at radius 2 is 2.33 bits per heavy atom. The second-order valence-electron chi connectivity index (χ2n) is 1.53. The number of hydrogen-bond donors (Lipinski definition) is 0. The molecule has 0 unspecified atom stereocenters. The van der Waals surface area contributed by atoms with E-state index in [-0.39, 0.29) is 0 Å². The summed E-state index contributed by atoms with van der Waals surface area (Å²) in [7, 11) is 0. The number of thioether (sulfide) groups is 1. The quantitative estimate of drug-likeness (QED) is 0.448. The van der Waals surface area contributed by atoms with E-state index in [1.54, 1.807) is 11.8 Å². The average Bonchev–Trinajstić information content (AvgIpc) is 1.85. The zero-order chi connectivity index (χ0) is 7.11. The Bertz CT molecular complexity index is 93.1. The van der Waals surface area contributed by atoms with E-state index in [0.29, 0.717) is 6.61 Å². The molecule has 0 atom stereocenters. The SMILES string of the molecule is CCOC(C)=NCSC. The molecule has 0 aromatic carbocycles. The highest BCUT2D eigenvalue weighted by Crippen LogP contribution is 1.92. The first-order valence-corrected chi connectivity index (χ1v) is 4.33. The lowest BCUT2D eigenvalue weighted by Gasteiger charge is -1.98. The minimum Gasteiger partial charge on any atom is -0.481 e. The highest BCUT2D eigenvalue weighted by molar-refractivity contribution is 7.98. The van der Waals surface area contributed by atoms with Crippen LogP contribution in [0, 0.1) is 0 Å². The van der Waals surface area contributed by atoms with Crippen molar-refractivity contribution >= 4 is 17.7 Å². The van der Waals surface area contributed by atoms with E-state index in [4.69, 9.17) is 4.74 Å². The number of aliphatic imine (C=N–C) groups is 1. The van der Waals surface area contributed by atoms with Crippen LogP contribution in [0.1, 0.15) is 13.8 Å². The van der Waals surface area contributed by atoms with Gasteiger partial charge in [0, 0.05) is 6.92 Å². The molecule has 0 bridgehead atoms. The molecule has 0 spiro atoms. The van der Waals surface area contributed by atoms with Crippen LogP contribution in [0.3, 0.4) is 0 Å². The molecule has 0 aromatic rings. The first-order chi connectivity index (χ1) is 4.31. The van der Waals surface area contributed by atoms with Crippen molar-refractivity contribution in [3.05, 3.63) is 0 Å². The van der Waals surface area contributed by atoms with Crippen LogP contribution in [0.5, 0.6) is 0 Å². The third-order valence-electron chi connectivity index (χ3n) is 0.770. The first-order valence-electron chi connectivity index (χ1n) is 2.94. The topological polar surface area (TPSA) is 21.6 Å². The van der Waals surface area contributed by atoms with Crippen molar-refractivity contribution in [2.24, 2.45) is 4.99 Å². The molecule has 0 saturated heterocycles. The Kier molecular flexibility index (Phi) is 5.83. The van der Waals surface area contributed by atoms with Crippen molar-refractivity contribution in [3.63, 3.8) is 0 Å². The van der Waals surface area contributed by atoms with Crippen molar-refractivity contribution in [1.82, 2.24) is 0 Å². The van der Waals surface area contributed by atoms with E-state index in [1.807, 2.05) is 20.1 Å². The van der Waals surface area contributed by atoms with E-state index >= 15 is 0 Å². The molecule has 9 heavy (non-hydrogen) atoms. The summed E-state index contributed by atoms with van der Waals surface area (Å²) in [6.07, 6.45) is 2.02. The molecule has 0 heterocycles. The summed E-state index contributed by atoms with van der Waals surface area (Å²) in [4.78, 5) is 4.09. The highest BCUT2D eigenvalue weighted by Gasteiger charge is 1.84. The van der Waals surface area contributed by atoms with Gasteiger partial charge in [0.15, 0.2) is 5.90 Å². The van der Waals surface area contributed by atoms with Gasteiger partial charge in [0.1, 0.15) is 0 Å². The molecule has 0 aliphatic rings. The third-order valence-corrected chi connectivity index (χ3v) is 1.16. The Morgan fingerprint density at radius 1 is 1.67 bits per heavy atom. The van der Waals surface area contributed by atoms with Gasteiger partial charge in [-0.05, 0) is 13.2 Å². The second-order valence-corrected chi connectivity index (χ2v) is 2.36. The lowest BCUT2D eigenvalue weighted by Crippen LogP contribution is -1.98. The van der Waals surface area contributed by atoms with Gasteiger partial charge in [0.05, 0.1) is 12.5 Å². The van der Waals surface area contributed by atoms with E-state index in [2.05, 4.69) is 4.99 Å². The Labute approximate surface area is 60.7 Å². The smallest absolute Gasteiger partial charge is 0.180 e. The van der Waals surface area contributed by atoms with Gasteiger partial charge in [0.2, 0.25) is 0 Å². The lowest BCUT2D eigenvalue weighted by molar-refractivity contribution is 0.324. The molecule has 0 fully saturated rings. The van der Waals surface area contributed by atoms with Gasteiger partial charge in [0.25, 0.3) is 0 Å². The average molecular weight is 147 g/mol. The van der Waals surface area contributed by atoms with Crippen LogP contribution in [0.15, 0.2) is 4.99 Å². The van der Waals surface area contributed by atoms with Crippen molar-refractivity contribution in [1.29, 1.82) is 0 Å². The van der Waals surface area contributed by atoms with Gasteiger partial charge >= 0.3 is 0 Å². The lowest BCUT2D eigenvalue weighted by atomic mass is 10.7. The maximum Gasteiger partial charge on any atom is 0.180 e. The molecule has 0 aromatic heterocycles. The minimum absolute atomic E-state index is 0.712. The normalized spacial score (nSPS) is 11.7. The van der Waals surface area contributed by atoms with Crippen LogP contribution in [-0.4, -0.2) is 24.6 Å². The zero-order valence-corrected chi connectivity index (χ0v) is 6.99. The molecule has 54 valence electrons. The van der Waals surface area contributed by atoms with E-state index in [0.717, 1.165) is 11.8 Å². The van der Waals surface area contributed by atoms with E-state index < -0.39 is 0 Å². The Balaban J connectivity index is 3.30. The van der Waals surface area contributed by atoms with Gasteiger partial charge in [-0.2, -0.15) is 0 Å². The van der Waals surface area contributed by atoms with Crippen LogP contribution in [0.2, 0.25) is 0 Å². The molecule has 0 saturated carbocycles. The number of ether oxygens (including phenoxy) is 1. The second kappa shape index (κ2) is 5.95. The number of nitrogens with zero attached hydrogens (tertiary/aromatic N) is 1. The summed E-state index contributed by atoms with van der Waals surface area (Å²) in [6.45, 7) is 4.54. The van der Waals surface area contributed by atoms with Gasteiger partial charge < -0.3 is 4.74 Å². The van der Waals surface area contributed by atoms with Gasteiger partial charge in [-0.3, -0.25) is 0 Å². The predicted molar refractivity (Wildman–Crippen MR) is 43.1 cm³/mol. The number of hydrogen-bond acceptors (Lipinski definition) is 3. The maximum absolute atomic E-state index is 5.08. The molecule has 0 aliphatic heterocycles.